The molecule has 1 rings (SSSR count). The van der Waals surface area contributed by atoms with Crippen LogP contribution in [0.3, 0.4) is 0 Å². The van der Waals surface area contributed by atoms with E-state index in [9.17, 15) is 15.2 Å². The second kappa shape index (κ2) is 5.74. The second-order valence-electron chi connectivity index (χ2n) is 3.75. The molecular formula is C9H13ClN4O3. The number of nitrogens with zero attached hydrogens (tertiary/aromatic N) is 3. The summed E-state index contributed by atoms with van der Waals surface area (Å²) in [6.07, 6.45) is 1.08. The van der Waals surface area contributed by atoms with E-state index in [1.807, 2.05) is 0 Å². The minimum absolute atomic E-state index is 0.0585. The highest BCUT2D eigenvalue weighted by molar-refractivity contribution is 6.31. The quantitative estimate of drug-likeness (QED) is 0.474. The van der Waals surface area contributed by atoms with Crippen LogP contribution in [0.5, 0.6) is 0 Å². The summed E-state index contributed by atoms with van der Waals surface area (Å²) in [6.45, 7) is 3.42. The van der Waals surface area contributed by atoms with Crippen molar-refractivity contribution in [2.45, 2.75) is 32.4 Å². The van der Waals surface area contributed by atoms with Crippen LogP contribution in [0.2, 0.25) is 5.15 Å². The van der Waals surface area contributed by atoms with Gasteiger partial charge in [-0.2, -0.15) is 0 Å². The van der Waals surface area contributed by atoms with Gasteiger partial charge in [0.25, 0.3) is 0 Å². The van der Waals surface area contributed by atoms with Crippen molar-refractivity contribution >= 4 is 23.1 Å². The summed E-state index contributed by atoms with van der Waals surface area (Å²) in [5, 5.41) is 22.6. The highest BCUT2D eigenvalue weighted by atomic mass is 35.5. The van der Waals surface area contributed by atoms with Crippen LogP contribution < -0.4 is 5.32 Å². The van der Waals surface area contributed by atoms with Gasteiger partial charge in [0.2, 0.25) is 11.0 Å². The Labute approximate surface area is 103 Å². The average Bonchev–Trinajstić information content (AvgIpc) is 2.15. The van der Waals surface area contributed by atoms with Crippen LogP contribution in [0, 0.1) is 10.1 Å². The Morgan fingerprint density at radius 1 is 1.59 bits per heavy atom. The number of nitro groups is 1. The van der Waals surface area contributed by atoms with Crippen molar-refractivity contribution in [3.63, 3.8) is 0 Å². The summed E-state index contributed by atoms with van der Waals surface area (Å²) >= 11 is 5.63. The van der Waals surface area contributed by atoms with E-state index >= 15 is 0 Å². The van der Waals surface area contributed by atoms with Crippen LogP contribution in [0.25, 0.3) is 0 Å². The first-order chi connectivity index (χ1) is 7.91. The summed E-state index contributed by atoms with van der Waals surface area (Å²) in [6, 6.07) is -0.167. The molecule has 2 atom stereocenters. The van der Waals surface area contributed by atoms with E-state index in [0.717, 1.165) is 6.33 Å². The highest BCUT2D eigenvalue weighted by Gasteiger charge is 2.22. The van der Waals surface area contributed by atoms with Crippen molar-refractivity contribution < 1.29 is 10.0 Å². The van der Waals surface area contributed by atoms with Gasteiger partial charge in [-0.15, -0.1) is 0 Å². The molecule has 2 N–H and O–H groups in total. The minimum atomic E-state index is -0.639. The molecule has 17 heavy (non-hydrogen) atoms. The fourth-order valence-corrected chi connectivity index (χ4v) is 1.63. The molecule has 0 saturated heterocycles. The monoisotopic (exact) mass is 260 g/mol. The second-order valence-corrected chi connectivity index (χ2v) is 4.11. The number of nitrogens with one attached hydrogen (secondary N) is 1. The predicted octanol–water partition coefficient (Wildman–Crippen LogP) is 1.61. The van der Waals surface area contributed by atoms with Crippen molar-refractivity contribution in [2.24, 2.45) is 0 Å². The summed E-state index contributed by atoms with van der Waals surface area (Å²) < 4.78 is 0. The molecule has 0 bridgehead atoms. The van der Waals surface area contributed by atoms with E-state index in [1.54, 1.807) is 13.8 Å². The molecule has 0 saturated carbocycles. The van der Waals surface area contributed by atoms with Gasteiger partial charge in [0.15, 0.2) is 0 Å². The van der Waals surface area contributed by atoms with Crippen molar-refractivity contribution in [3.8, 4) is 0 Å². The van der Waals surface area contributed by atoms with Crippen molar-refractivity contribution in [3.05, 3.63) is 21.6 Å². The Morgan fingerprint density at radius 2 is 2.24 bits per heavy atom. The number of aliphatic hydroxyl groups is 1. The first-order valence-electron chi connectivity index (χ1n) is 5.01. The third-order valence-electron chi connectivity index (χ3n) is 2.04. The van der Waals surface area contributed by atoms with Crippen LogP contribution in [0.4, 0.5) is 11.5 Å². The molecule has 1 aromatic rings. The van der Waals surface area contributed by atoms with Gasteiger partial charge in [-0.25, -0.2) is 9.97 Å². The molecule has 1 aromatic heterocycles. The van der Waals surface area contributed by atoms with E-state index in [4.69, 9.17) is 11.6 Å². The molecule has 0 radical (unpaired) electrons. The van der Waals surface area contributed by atoms with E-state index in [1.165, 1.54) is 0 Å². The number of aliphatic hydroxyl groups excluding tert-OH is 1. The van der Waals surface area contributed by atoms with Crippen molar-refractivity contribution in [2.75, 3.05) is 5.32 Å². The molecule has 0 amide bonds. The molecule has 1 heterocycles. The molecule has 0 spiro atoms. The number of hydrogen-bond acceptors (Lipinski definition) is 6. The molecule has 0 fully saturated rings. The Morgan fingerprint density at radius 3 is 2.76 bits per heavy atom. The van der Waals surface area contributed by atoms with Gasteiger partial charge in [-0.1, -0.05) is 11.6 Å². The number of anilines is 1. The van der Waals surface area contributed by atoms with E-state index in [2.05, 4.69) is 15.3 Å². The average molecular weight is 261 g/mol. The molecule has 94 valence electrons. The van der Waals surface area contributed by atoms with Crippen LogP contribution in [-0.4, -0.2) is 32.1 Å². The minimum Gasteiger partial charge on any atom is -0.393 e. The lowest BCUT2D eigenvalue weighted by Gasteiger charge is -2.15. The van der Waals surface area contributed by atoms with Crippen LogP contribution in [-0.2, 0) is 0 Å². The maximum absolute atomic E-state index is 10.8. The van der Waals surface area contributed by atoms with Gasteiger partial charge in [-0.05, 0) is 20.3 Å². The molecule has 0 aromatic carbocycles. The first-order valence-corrected chi connectivity index (χ1v) is 5.39. The number of hydrogen-bond donors (Lipinski definition) is 2. The number of rotatable bonds is 5. The molecular weight excluding hydrogens is 248 g/mol. The largest absolute Gasteiger partial charge is 0.393 e. The summed E-state index contributed by atoms with van der Waals surface area (Å²) in [7, 11) is 0. The third kappa shape index (κ3) is 3.79. The van der Waals surface area contributed by atoms with Crippen LogP contribution in [0.1, 0.15) is 20.3 Å². The van der Waals surface area contributed by atoms with Gasteiger partial charge >= 0.3 is 5.69 Å². The molecule has 0 aliphatic heterocycles. The Kier molecular flexibility index (Phi) is 4.59. The van der Waals surface area contributed by atoms with E-state index in [0.29, 0.717) is 6.42 Å². The number of aromatic nitrogens is 2. The maximum Gasteiger partial charge on any atom is 0.348 e. The SMILES string of the molecule is CC(O)CC(C)Nc1ncnc(Cl)c1[N+](=O)[O-]. The molecule has 0 aliphatic carbocycles. The third-order valence-corrected chi connectivity index (χ3v) is 2.31. The van der Waals surface area contributed by atoms with Crippen molar-refractivity contribution in [1.29, 1.82) is 0 Å². The van der Waals surface area contributed by atoms with Crippen LogP contribution >= 0.6 is 11.6 Å². The first kappa shape index (κ1) is 13.6. The Balaban J connectivity index is 2.91. The van der Waals surface area contributed by atoms with E-state index < -0.39 is 11.0 Å². The van der Waals surface area contributed by atoms with Gasteiger partial charge in [0.1, 0.15) is 6.33 Å². The standard InChI is InChI=1S/C9H13ClN4O3/c1-5(3-6(2)15)13-9-7(14(16)17)8(10)11-4-12-9/h4-6,15H,3H2,1-2H3,(H,11,12,13). The van der Waals surface area contributed by atoms with Gasteiger partial charge < -0.3 is 10.4 Å². The topological polar surface area (TPSA) is 101 Å². The smallest absolute Gasteiger partial charge is 0.348 e. The van der Waals surface area contributed by atoms with Gasteiger partial charge in [-0.3, -0.25) is 10.1 Å². The summed E-state index contributed by atoms with van der Waals surface area (Å²) in [4.78, 5) is 17.5. The fourth-order valence-electron chi connectivity index (χ4n) is 1.43. The van der Waals surface area contributed by atoms with E-state index in [-0.39, 0.29) is 22.7 Å². The molecule has 2 unspecified atom stereocenters. The lowest BCUT2D eigenvalue weighted by molar-refractivity contribution is -0.384. The predicted molar refractivity (Wildman–Crippen MR) is 63.1 cm³/mol. The van der Waals surface area contributed by atoms with Gasteiger partial charge in [0.05, 0.1) is 11.0 Å². The summed E-state index contributed by atoms with van der Waals surface area (Å²) in [5.74, 6) is 0.0585. The zero-order chi connectivity index (χ0) is 13.0. The maximum atomic E-state index is 10.8. The highest BCUT2D eigenvalue weighted by Crippen LogP contribution is 2.28. The van der Waals surface area contributed by atoms with Crippen LogP contribution in [0.15, 0.2) is 6.33 Å². The summed E-state index contributed by atoms with van der Waals surface area (Å²) in [5.41, 5.74) is -0.355. The van der Waals surface area contributed by atoms with Crippen molar-refractivity contribution in [1.82, 2.24) is 9.97 Å². The Hall–Kier alpha value is -1.47. The zero-order valence-corrected chi connectivity index (χ0v) is 10.2. The van der Waals surface area contributed by atoms with Gasteiger partial charge in [0, 0.05) is 6.04 Å². The fraction of sp³-hybridized carbons (Fsp3) is 0.556. The molecule has 7 nitrogen and oxygen atoms in total. The zero-order valence-electron chi connectivity index (χ0n) is 9.42. The lowest BCUT2D eigenvalue weighted by Crippen LogP contribution is -2.22. The lowest BCUT2D eigenvalue weighted by atomic mass is 10.1. The molecule has 8 heteroatoms. The normalized spacial score (nSPS) is 14.1. The Bertz CT molecular complexity index is 413. The number of halogens is 1. The molecule has 0 aliphatic rings.